The molecule has 2 rings (SSSR count). The van der Waals surface area contributed by atoms with Crippen LogP contribution in [0.5, 0.6) is 0 Å². The lowest BCUT2D eigenvalue weighted by atomic mass is 10.0. The third kappa shape index (κ3) is 3.72. The Labute approximate surface area is 107 Å². The lowest BCUT2D eigenvalue weighted by molar-refractivity contribution is -0.123. The molecule has 1 fully saturated rings. The number of hydrogen-bond donors (Lipinski definition) is 2. The van der Waals surface area contributed by atoms with E-state index in [1.807, 2.05) is 24.3 Å². The van der Waals surface area contributed by atoms with Crippen LogP contribution in [0.25, 0.3) is 0 Å². The Morgan fingerprint density at radius 2 is 2.12 bits per heavy atom. The van der Waals surface area contributed by atoms with Gasteiger partial charge in [0.15, 0.2) is 0 Å². The first-order valence-corrected chi connectivity index (χ1v) is 6.39. The summed E-state index contributed by atoms with van der Waals surface area (Å²) in [6, 6.07) is 7.51. The van der Waals surface area contributed by atoms with E-state index < -0.39 is 0 Å². The molecule has 1 aromatic carbocycles. The fourth-order valence-electron chi connectivity index (χ4n) is 1.99. The zero-order chi connectivity index (χ0) is 12.1. The number of rotatable bonds is 3. The van der Waals surface area contributed by atoms with Gasteiger partial charge in [0.2, 0.25) is 5.91 Å². The van der Waals surface area contributed by atoms with E-state index in [-0.39, 0.29) is 11.9 Å². The standard InChI is InChI=1S/C13H17ClN2O/c14-11-6-4-10(5-7-11)9-16-13(17)12-3-1-2-8-15-12/h4-7,12,15H,1-3,8-9H2,(H,16,17)/t12-/m1/s1. The molecule has 0 unspecified atom stereocenters. The van der Waals surface area contributed by atoms with Gasteiger partial charge in [0.1, 0.15) is 0 Å². The van der Waals surface area contributed by atoms with Crippen LogP contribution in [0.2, 0.25) is 5.02 Å². The van der Waals surface area contributed by atoms with Gasteiger partial charge in [-0.05, 0) is 37.1 Å². The quantitative estimate of drug-likeness (QED) is 0.865. The maximum atomic E-state index is 11.8. The molecule has 0 saturated carbocycles. The zero-order valence-electron chi connectivity index (χ0n) is 9.71. The fourth-order valence-corrected chi connectivity index (χ4v) is 2.12. The summed E-state index contributed by atoms with van der Waals surface area (Å²) in [5, 5.41) is 6.89. The van der Waals surface area contributed by atoms with Gasteiger partial charge in [0.25, 0.3) is 0 Å². The predicted octanol–water partition coefficient (Wildman–Crippen LogP) is 2.10. The van der Waals surface area contributed by atoms with E-state index in [1.54, 1.807) is 0 Å². The summed E-state index contributed by atoms with van der Waals surface area (Å²) in [7, 11) is 0. The Morgan fingerprint density at radius 1 is 1.35 bits per heavy atom. The number of carbonyl (C=O) groups excluding carboxylic acids is 1. The number of hydrogen-bond acceptors (Lipinski definition) is 2. The molecule has 3 nitrogen and oxygen atoms in total. The van der Waals surface area contributed by atoms with Crippen molar-refractivity contribution in [3.63, 3.8) is 0 Å². The Morgan fingerprint density at radius 3 is 2.76 bits per heavy atom. The van der Waals surface area contributed by atoms with Crippen LogP contribution in [0, 0.1) is 0 Å². The molecular weight excluding hydrogens is 236 g/mol. The molecule has 0 radical (unpaired) electrons. The summed E-state index contributed by atoms with van der Waals surface area (Å²) < 4.78 is 0. The maximum Gasteiger partial charge on any atom is 0.237 e. The molecule has 1 amide bonds. The van der Waals surface area contributed by atoms with E-state index in [1.165, 1.54) is 6.42 Å². The van der Waals surface area contributed by atoms with Crippen molar-refractivity contribution in [2.24, 2.45) is 0 Å². The number of amides is 1. The Bertz CT molecular complexity index is 372. The highest BCUT2D eigenvalue weighted by atomic mass is 35.5. The fraction of sp³-hybridized carbons (Fsp3) is 0.462. The Hall–Kier alpha value is -1.06. The van der Waals surface area contributed by atoms with Crippen molar-refractivity contribution in [3.8, 4) is 0 Å². The van der Waals surface area contributed by atoms with Gasteiger partial charge in [0, 0.05) is 11.6 Å². The highest BCUT2D eigenvalue weighted by Crippen LogP contribution is 2.10. The van der Waals surface area contributed by atoms with Crippen LogP contribution in [-0.2, 0) is 11.3 Å². The maximum absolute atomic E-state index is 11.8. The molecule has 0 spiro atoms. The first kappa shape index (κ1) is 12.4. The van der Waals surface area contributed by atoms with Crippen molar-refractivity contribution < 1.29 is 4.79 Å². The molecule has 1 saturated heterocycles. The molecule has 92 valence electrons. The summed E-state index contributed by atoms with van der Waals surface area (Å²) in [4.78, 5) is 11.8. The molecular formula is C13H17ClN2O. The minimum absolute atomic E-state index is 0.0175. The molecule has 0 bridgehead atoms. The van der Waals surface area contributed by atoms with Gasteiger partial charge < -0.3 is 10.6 Å². The van der Waals surface area contributed by atoms with Crippen molar-refractivity contribution in [1.29, 1.82) is 0 Å². The molecule has 1 aliphatic rings. The third-order valence-electron chi connectivity index (χ3n) is 3.01. The first-order chi connectivity index (χ1) is 8.25. The van der Waals surface area contributed by atoms with E-state index in [4.69, 9.17) is 11.6 Å². The summed E-state index contributed by atoms with van der Waals surface area (Å²) >= 11 is 5.80. The van der Waals surface area contributed by atoms with Crippen LogP contribution in [-0.4, -0.2) is 18.5 Å². The van der Waals surface area contributed by atoms with Gasteiger partial charge >= 0.3 is 0 Å². The normalized spacial score (nSPS) is 19.9. The van der Waals surface area contributed by atoms with Crippen LogP contribution in [0.15, 0.2) is 24.3 Å². The molecule has 0 aromatic heterocycles. The zero-order valence-corrected chi connectivity index (χ0v) is 10.5. The summed E-state index contributed by atoms with van der Waals surface area (Å²) in [6.07, 6.45) is 3.24. The second-order valence-electron chi connectivity index (χ2n) is 4.35. The van der Waals surface area contributed by atoms with Crippen molar-refractivity contribution in [1.82, 2.24) is 10.6 Å². The summed E-state index contributed by atoms with van der Waals surface area (Å²) in [5.74, 6) is 0.0969. The van der Waals surface area contributed by atoms with E-state index in [2.05, 4.69) is 10.6 Å². The Balaban J connectivity index is 1.81. The molecule has 1 aromatic rings. The highest BCUT2D eigenvalue weighted by Gasteiger charge is 2.19. The third-order valence-corrected chi connectivity index (χ3v) is 3.26. The van der Waals surface area contributed by atoms with E-state index in [0.29, 0.717) is 11.6 Å². The number of nitrogens with one attached hydrogen (secondary N) is 2. The van der Waals surface area contributed by atoms with Crippen LogP contribution in [0.4, 0.5) is 0 Å². The summed E-state index contributed by atoms with van der Waals surface area (Å²) in [6.45, 7) is 1.51. The van der Waals surface area contributed by atoms with E-state index >= 15 is 0 Å². The van der Waals surface area contributed by atoms with Crippen molar-refractivity contribution in [3.05, 3.63) is 34.9 Å². The van der Waals surface area contributed by atoms with Gasteiger partial charge in [-0.3, -0.25) is 4.79 Å². The largest absolute Gasteiger partial charge is 0.351 e. The Kier molecular flexibility index (Phi) is 4.40. The monoisotopic (exact) mass is 252 g/mol. The number of benzene rings is 1. The molecule has 1 heterocycles. The van der Waals surface area contributed by atoms with Crippen molar-refractivity contribution in [2.45, 2.75) is 31.8 Å². The minimum Gasteiger partial charge on any atom is -0.351 e. The molecule has 17 heavy (non-hydrogen) atoms. The highest BCUT2D eigenvalue weighted by molar-refractivity contribution is 6.30. The number of piperidine rings is 1. The molecule has 2 N–H and O–H groups in total. The number of halogens is 1. The van der Waals surface area contributed by atoms with Crippen LogP contribution in [0.1, 0.15) is 24.8 Å². The van der Waals surface area contributed by atoms with Crippen LogP contribution >= 0.6 is 11.6 Å². The lowest BCUT2D eigenvalue weighted by Crippen LogP contribution is -2.46. The molecule has 1 aliphatic heterocycles. The van der Waals surface area contributed by atoms with Gasteiger partial charge in [-0.15, -0.1) is 0 Å². The topological polar surface area (TPSA) is 41.1 Å². The first-order valence-electron chi connectivity index (χ1n) is 6.01. The van der Waals surface area contributed by atoms with E-state index in [0.717, 1.165) is 24.9 Å². The molecule has 0 aliphatic carbocycles. The van der Waals surface area contributed by atoms with Crippen LogP contribution in [0.3, 0.4) is 0 Å². The lowest BCUT2D eigenvalue weighted by Gasteiger charge is -2.22. The average molecular weight is 253 g/mol. The molecule has 4 heteroatoms. The summed E-state index contributed by atoms with van der Waals surface area (Å²) in [5.41, 5.74) is 1.07. The second-order valence-corrected chi connectivity index (χ2v) is 4.78. The minimum atomic E-state index is -0.0175. The van der Waals surface area contributed by atoms with Gasteiger partial charge in [-0.25, -0.2) is 0 Å². The predicted molar refractivity (Wildman–Crippen MR) is 68.9 cm³/mol. The number of carbonyl (C=O) groups is 1. The van der Waals surface area contributed by atoms with Crippen molar-refractivity contribution in [2.75, 3.05) is 6.54 Å². The molecule has 1 atom stereocenters. The van der Waals surface area contributed by atoms with E-state index in [9.17, 15) is 4.79 Å². The van der Waals surface area contributed by atoms with Gasteiger partial charge in [-0.1, -0.05) is 30.2 Å². The second kappa shape index (κ2) is 6.03. The van der Waals surface area contributed by atoms with Crippen molar-refractivity contribution >= 4 is 17.5 Å². The smallest absolute Gasteiger partial charge is 0.237 e. The average Bonchev–Trinajstić information content (AvgIpc) is 2.39. The van der Waals surface area contributed by atoms with Gasteiger partial charge in [-0.2, -0.15) is 0 Å². The van der Waals surface area contributed by atoms with Crippen LogP contribution < -0.4 is 10.6 Å². The van der Waals surface area contributed by atoms with Gasteiger partial charge in [0.05, 0.1) is 6.04 Å². The SMILES string of the molecule is O=C(NCc1ccc(Cl)cc1)[C@H]1CCCCN1.